The molecule has 44 heavy (non-hydrogen) atoms. The molecule has 11 nitrogen and oxygen atoms in total. The van der Waals surface area contributed by atoms with Crippen molar-refractivity contribution in [1.29, 1.82) is 0 Å². The normalized spacial score (nSPS) is 12.1. The number of carbonyl (C=O) groups is 2. The van der Waals surface area contributed by atoms with E-state index in [0.717, 1.165) is 58.0 Å². The highest BCUT2D eigenvalue weighted by molar-refractivity contribution is 5.71. The molecule has 0 rings (SSSR count). The summed E-state index contributed by atoms with van der Waals surface area (Å²) in [6.07, 6.45) is 11.3. The van der Waals surface area contributed by atoms with Gasteiger partial charge in [-0.15, -0.1) is 0 Å². The molecule has 0 aliphatic carbocycles. The highest BCUT2D eigenvalue weighted by Crippen LogP contribution is 2.20. The van der Waals surface area contributed by atoms with Gasteiger partial charge in [0.1, 0.15) is 13.2 Å². The SMILES string of the molecule is CCCCCCC(CCN(CCCCCC)CC(=O)OCCOCCOCCOC)CC(=O)OCCOCCOCCOC. The van der Waals surface area contributed by atoms with Crippen molar-refractivity contribution in [2.24, 2.45) is 5.92 Å². The van der Waals surface area contributed by atoms with Crippen LogP contribution in [-0.4, -0.2) is 130 Å². The van der Waals surface area contributed by atoms with Crippen molar-refractivity contribution in [2.45, 2.75) is 84.5 Å². The number of esters is 2. The van der Waals surface area contributed by atoms with E-state index in [-0.39, 0.29) is 37.6 Å². The number of ether oxygens (including phenoxy) is 8. The van der Waals surface area contributed by atoms with Crippen LogP contribution >= 0.6 is 0 Å². The highest BCUT2D eigenvalue weighted by atomic mass is 16.6. The zero-order valence-corrected chi connectivity index (χ0v) is 28.5. The van der Waals surface area contributed by atoms with E-state index < -0.39 is 0 Å². The van der Waals surface area contributed by atoms with Crippen LogP contribution in [0.4, 0.5) is 0 Å². The number of methoxy groups -OCH3 is 2. The third kappa shape index (κ3) is 30.7. The second kappa shape index (κ2) is 34.5. The molecule has 0 saturated carbocycles. The van der Waals surface area contributed by atoms with Gasteiger partial charge in [-0.2, -0.15) is 0 Å². The van der Waals surface area contributed by atoms with Gasteiger partial charge in [-0.25, -0.2) is 0 Å². The summed E-state index contributed by atoms with van der Waals surface area (Å²) in [6.45, 7) is 11.4. The van der Waals surface area contributed by atoms with Gasteiger partial charge in [0.05, 0.1) is 72.6 Å². The molecular weight excluding hydrogens is 570 g/mol. The number of hydrogen-bond donors (Lipinski definition) is 0. The first-order valence-electron chi connectivity index (χ1n) is 16.9. The van der Waals surface area contributed by atoms with Gasteiger partial charge in [0.2, 0.25) is 0 Å². The van der Waals surface area contributed by atoms with Gasteiger partial charge < -0.3 is 37.9 Å². The second-order valence-corrected chi connectivity index (χ2v) is 10.9. The molecule has 0 bridgehead atoms. The summed E-state index contributed by atoms with van der Waals surface area (Å²) in [5.41, 5.74) is 0. The summed E-state index contributed by atoms with van der Waals surface area (Å²) in [7, 11) is 3.27. The zero-order chi connectivity index (χ0) is 32.4. The van der Waals surface area contributed by atoms with E-state index in [9.17, 15) is 9.59 Å². The van der Waals surface area contributed by atoms with Gasteiger partial charge in [0.25, 0.3) is 0 Å². The van der Waals surface area contributed by atoms with E-state index in [1.165, 1.54) is 19.3 Å². The van der Waals surface area contributed by atoms with Crippen molar-refractivity contribution in [1.82, 2.24) is 4.90 Å². The minimum Gasteiger partial charge on any atom is -0.463 e. The fourth-order valence-corrected chi connectivity index (χ4v) is 4.49. The molecular formula is C33H65NO10. The predicted octanol–water partition coefficient (Wildman–Crippen LogP) is 4.68. The molecule has 1 unspecified atom stereocenters. The van der Waals surface area contributed by atoms with E-state index in [1.54, 1.807) is 14.2 Å². The maximum Gasteiger partial charge on any atom is 0.320 e. The van der Waals surface area contributed by atoms with Crippen LogP contribution in [0.5, 0.6) is 0 Å². The van der Waals surface area contributed by atoms with Crippen LogP contribution in [0.15, 0.2) is 0 Å². The molecule has 0 aliphatic rings. The van der Waals surface area contributed by atoms with E-state index in [4.69, 9.17) is 37.9 Å². The van der Waals surface area contributed by atoms with Crippen LogP contribution in [0, 0.1) is 5.92 Å². The summed E-state index contributed by atoms with van der Waals surface area (Å²) < 4.78 is 42.5. The molecule has 0 aromatic heterocycles. The molecule has 0 aromatic carbocycles. The highest BCUT2D eigenvalue weighted by Gasteiger charge is 2.18. The number of hydrogen-bond acceptors (Lipinski definition) is 11. The Hall–Kier alpha value is -1.34. The number of rotatable bonds is 35. The van der Waals surface area contributed by atoms with E-state index in [2.05, 4.69) is 18.7 Å². The van der Waals surface area contributed by atoms with Crippen molar-refractivity contribution in [3.05, 3.63) is 0 Å². The molecule has 1 atom stereocenters. The summed E-state index contributed by atoms with van der Waals surface area (Å²) in [4.78, 5) is 27.4. The summed E-state index contributed by atoms with van der Waals surface area (Å²) in [6, 6.07) is 0. The Bertz CT molecular complexity index is 573. The van der Waals surface area contributed by atoms with Gasteiger partial charge >= 0.3 is 11.9 Å². The van der Waals surface area contributed by atoms with Crippen molar-refractivity contribution in [3.63, 3.8) is 0 Å². The van der Waals surface area contributed by atoms with Crippen LogP contribution in [0.25, 0.3) is 0 Å². The van der Waals surface area contributed by atoms with Crippen molar-refractivity contribution in [3.8, 4) is 0 Å². The van der Waals surface area contributed by atoms with Crippen molar-refractivity contribution < 1.29 is 47.5 Å². The lowest BCUT2D eigenvalue weighted by atomic mass is 9.94. The lowest BCUT2D eigenvalue weighted by molar-refractivity contribution is -0.148. The molecule has 0 aliphatic heterocycles. The Kier molecular flexibility index (Phi) is 33.5. The molecule has 0 fully saturated rings. The molecule has 0 heterocycles. The standard InChI is InChI=1S/C33H65NO10/c1-5-7-9-11-13-31(29-32(35)43-27-25-41-23-21-39-19-17-37-3)14-16-34(15-12-10-8-6-2)30-33(36)44-28-26-42-24-22-40-20-18-38-4/h31H,5-30H2,1-4H3. The maximum atomic E-state index is 12.6. The smallest absolute Gasteiger partial charge is 0.320 e. The van der Waals surface area contributed by atoms with Gasteiger partial charge in [0, 0.05) is 20.6 Å². The van der Waals surface area contributed by atoms with Crippen molar-refractivity contribution >= 4 is 11.9 Å². The first kappa shape index (κ1) is 42.7. The van der Waals surface area contributed by atoms with Crippen LogP contribution in [0.3, 0.4) is 0 Å². The average molecular weight is 636 g/mol. The fraction of sp³-hybridized carbons (Fsp3) is 0.939. The molecule has 262 valence electrons. The van der Waals surface area contributed by atoms with E-state index >= 15 is 0 Å². The lowest BCUT2D eigenvalue weighted by Crippen LogP contribution is -2.34. The van der Waals surface area contributed by atoms with Crippen LogP contribution in [-0.2, 0) is 47.5 Å². The second-order valence-electron chi connectivity index (χ2n) is 10.9. The number of unbranched alkanes of at least 4 members (excludes halogenated alkanes) is 6. The Morgan fingerprint density at radius 2 is 1.00 bits per heavy atom. The molecule has 0 spiro atoms. The van der Waals surface area contributed by atoms with E-state index in [1.807, 2.05) is 0 Å². The molecule has 11 heteroatoms. The summed E-state index contributed by atoms with van der Waals surface area (Å²) >= 11 is 0. The monoisotopic (exact) mass is 635 g/mol. The van der Waals surface area contributed by atoms with Crippen molar-refractivity contribution in [2.75, 3.05) is 113 Å². The third-order valence-electron chi connectivity index (χ3n) is 7.04. The Balaban J connectivity index is 4.61. The molecule has 0 amide bonds. The average Bonchev–Trinajstić information content (AvgIpc) is 3.02. The van der Waals surface area contributed by atoms with Gasteiger partial charge in [0.15, 0.2) is 0 Å². The van der Waals surface area contributed by atoms with Gasteiger partial charge in [-0.3, -0.25) is 14.5 Å². The Labute approximate surface area is 267 Å². The topological polar surface area (TPSA) is 111 Å². The zero-order valence-electron chi connectivity index (χ0n) is 28.5. The minimum atomic E-state index is -0.247. The van der Waals surface area contributed by atoms with E-state index in [0.29, 0.717) is 72.5 Å². The first-order chi connectivity index (χ1) is 21.6. The summed E-state index contributed by atoms with van der Waals surface area (Å²) in [5.74, 6) is -0.227. The third-order valence-corrected chi connectivity index (χ3v) is 7.04. The first-order valence-corrected chi connectivity index (χ1v) is 16.9. The lowest BCUT2D eigenvalue weighted by Gasteiger charge is -2.24. The van der Waals surface area contributed by atoms with Crippen LogP contribution in [0.2, 0.25) is 0 Å². The van der Waals surface area contributed by atoms with Gasteiger partial charge in [-0.1, -0.05) is 58.8 Å². The molecule has 0 radical (unpaired) electrons. The quantitative estimate of drug-likeness (QED) is 0.0715. The van der Waals surface area contributed by atoms with Gasteiger partial charge in [-0.05, 0) is 38.3 Å². The number of carbonyl (C=O) groups excluding carboxylic acids is 2. The van der Waals surface area contributed by atoms with Crippen LogP contribution in [0.1, 0.15) is 84.5 Å². The van der Waals surface area contributed by atoms with Crippen LogP contribution < -0.4 is 0 Å². The molecule has 0 aromatic rings. The Morgan fingerprint density at radius 1 is 0.523 bits per heavy atom. The fourth-order valence-electron chi connectivity index (χ4n) is 4.49. The molecule has 0 saturated heterocycles. The number of nitrogens with zero attached hydrogens (tertiary/aromatic N) is 1. The predicted molar refractivity (Wildman–Crippen MR) is 171 cm³/mol. The largest absolute Gasteiger partial charge is 0.463 e. The summed E-state index contributed by atoms with van der Waals surface area (Å²) in [5, 5.41) is 0. The maximum absolute atomic E-state index is 12.6. The molecule has 0 N–H and O–H groups in total. The Morgan fingerprint density at radius 3 is 1.52 bits per heavy atom. The minimum absolute atomic E-state index is 0.191.